The summed E-state index contributed by atoms with van der Waals surface area (Å²) in [5.41, 5.74) is 0.0877. The molecule has 1 aromatic heterocycles. The number of nitrogens with zero attached hydrogens (tertiary/aromatic N) is 1. The number of hydrogen-bond acceptors (Lipinski definition) is 3. The lowest BCUT2D eigenvalue weighted by molar-refractivity contribution is 0.0526. The van der Waals surface area contributed by atoms with Gasteiger partial charge in [-0.05, 0) is 36.8 Å². The van der Waals surface area contributed by atoms with Crippen LogP contribution in [-0.4, -0.2) is 22.5 Å². The Morgan fingerprint density at radius 3 is 2.65 bits per heavy atom. The molecular formula is C15H15BrN2O2. The first-order valence-electron chi connectivity index (χ1n) is 6.16. The van der Waals surface area contributed by atoms with Gasteiger partial charge < -0.3 is 10.4 Å². The summed E-state index contributed by atoms with van der Waals surface area (Å²) in [5.74, 6) is -0.254. The topological polar surface area (TPSA) is 62.2 Å². The van der Waals surface area contributed by atoms with Crippen molar-refractivity contribution < 1.29 is 9.90 Å². The maximum atomic E-state index is 11.9. The van der Waals surface area contributed by atoms with Crippen molar-refractivity contribution in [2.45, 2.75) is 12.5 Å². The highest BCUT2D eigenvalue weighted by Gasteiger charge is 2.23. The van der Waals surface area contributed by atoms with E-state index in [0.717, 1.165) is 10.0 Å². The number of carbonyl (C=O) groups excluding carboxylic acids is 1. The number of hydrogen-bond donors (Lipinski definition) is 2. The molecule has 1 amide bonds. The molecule has 0 aliphatic carbocycles. The Balaban J connectivity index is 2.02. The van der Waals surface area contributed by atoms with Gasteiger partial charge in [0.1, 0.15) is 5.60 Å². The van der Waals surface area contributed by atoms with Gasteiger partial charge in [-0.15, -0.1) is 0 Å². The Kier molecular flexibility index (Phi) is 4.52. The van der Waals surface area contributed by atoms with Gasteiger partial charge in [-0.3, -0.25) is 9.78 Å². The predicted octanol–water partition coefficient (Wildman–Crippen LogP) is 2.48. The first-order valence-corrected chi connectivity index (χ1v) is 6.95. The van der Waals surface area contributed by atoms with E-state index in [1.54, 1.807) is 25.3 Å². The summed E-state index contributed by atoms with van der Waals surface area (Å²) in [7, 11) is 0. The Hall–Kier alpha value is -1.72. The van der Waals surface area contributed by atoms with E-state index >= 15 is 0 Å². The number of aromatic nitrogens is 1. The minimum Gasteiger partial charge on any atom is -0.384 e. The van der Waals surface area contributed by atoms with E-state index in [1.165, 1.54) is 6.20 Å². The van der Waals surface area contributed by atoms with E-state index in [-0.39, 0.29) is 12.5 Å². The van der Waals surface area contributed by atoms with E-state index in [1.807, 2.05) is 24.3 Å². The number of nitrogens with one attached hydrogen (secondary N) is 1. The van der Waals surface area contributed by atoms with Crippen molar-refractivity contribution >= 4 is 21.8 Å². The lowest BCUT2D eigenvalue weighted by atomic mass is 9.96. The van der Waals surface area contributed by atoms with Crippen LogP contribution in [0.4, 0.5) is 0 Å². The number of aliphatic hydroxyl groups is 1. The van der Waals surface area contributed by atoms with E-state index in [2.05, 4.69) is 26.2 Å². The van der Waals surface area contributed by atoms with Crippen molar-refractivity contribution in [2.75, 3.05) is 6.54 Å². The van der Waals surface area contributed by atoms with Crippen LogP contribution in [0.2, 0.25) is 0 Å². The Morgan fingerprint density at radius 2 is 2.05 bits per heavy atom. The third-order valence-electron chi connectivity index (χ3n) is 2.98. The molecule has 2 aromatic rings. The van der Waals surface area contributed by atoms with Crippen molar-refractivity contribution in [3.8, 4) is 0 Å². The second-order valence-corrected chi connectivity index (χ2v) is 5.62. The monoisotopic (exact) mass is 334 g/mol. The normalized spacial score (nSPS) is 13.6. The largest absolute Gasteiger partial charge is 0.384 e. The maximum Gasteiger partial charge on any atom is 0.252 e. The lowest BCUT2D eigenvalue weighted by Gasteiger charge is -2.24. The van der Waals surface area contributed by atoms with Gasteiger partial charge in [0.05, 0.1) is 12.1 Å². The molecule has 5 heteroatoms. The van der Waals surface area contributed by atoms with Gasteiger partial charge in [-0.1, -0.05) is 28.1 Å². The summed E-state index contributed by atoms with van der Waals surface area (Å²) in [4.78, 5) is 15.8. The molecule has 2 rings (SSSR count). The average molecular weight is 335 g/mol. The molecule has 20 heavy (non-hydrogen) atoms. The molecule has 4 nitrogen and oxygen atoms in total. The number of amides is 1. The van der Waals surface area contributed by atoms with Crippen molar-refractivity contribution in [1.82, 2.24) is 10.3 Å². The summed E-state index contributed by atoms with van der Waals surface area (Å²) in [5, 5.41) is 13.1. The number of benzene rings is 1. The lowest BCUT2D eigenvalue weighted by Crippen LogP contribution is -2.38. The molecule has 0 radical (unpaired) electrons. The molecular weight excluding hydrogens is 320 g/mol. The molecule has 0 saturated carbocycles. The van der Waals surface area contributed by atoms with Crippen LogP contribution in [0.25, 0.3) is 0 Å². The van der Waals surface area contributed by atoms with Gasteiger partial charge in [0, 0.05) is 16.9 Å². The maximum absolute atomic E-state index is 11.9. The van der Waals surface area contributed by atoms with E-state index < -0.39 is 5.60 Å². The van der Waals surface area contributed by atoms with Gasteiger partial charge in [-0.2, -0.15) is 0 Å². The molecule has 104 valence electrons. The van der Waals surface area contributed by atoms with Gasteiger partial charge in [-0.25, -0.2) is 0 Å². The van der Waals surface area contributed by atoms with Crippen LogP contribution < -0.4 is 5.32 Å². The summed E-state index contributed by atoms with van der Waals surface area (Å²) >= 11 is 3.35. The number of halogens is 1. The molecule has 1 aromatic carbocycles. The first-order chi connectivity index (χ1) is 9.49. The molecule has 0 bridgehead atoms. The Bertz CT molecular complexity index is 583. The summed E-state index contributed by atoms with van der Waals surface area (Å²) in [6.07, 6.45) is 3.10. The summed E-state index contributed by atoms with van der Waals surface area (Å²) in [6, 6.07) is 10.7. The minimum atomic E-state index is -1.13. The third kappa shape index (κ3) is 3.65. The Labute approximate surface area is 126 Å². The zero-order valence-electron chi connectivity index (χ0n) is 11.0. The highest BCUT2D eigenvalue weighted by Crippen LogP contribution is 2.21. The SMILES string of the molecule is CC(O)(CNC(=O)c1cccnc1)c1ccc(Br)cc1. The Morgan fingerprint density at radius 1 is 1.35 bits per heavy atom. The zero-order valence-corrected chi connectivity index (χ0v) is 12.6. The van der Waals surface area contributed by atoms with Crippen LogP contribution in [0.3, 0.4) is 0 Å². The van der Waals surface area contributed by atoms with Gasteiger partial charge >= 0.3 is 0 Å². The van der Waals surface area contributed by atoms with Crippen LogP contribution >= 0.6 is 15.9 Å². The fraction of sp³-hybridized carbons (Fsp3) is 0.200. The quantitative estimate of drug-likeness (QED) is 0.902. The minimum absolute atomic E-state index is 0.127. The van der Waals surface area contributed by atoms with Crippen LogP contribution in [0.5, 0.6) is 0 Å². The second-order valence-electron chi connectivity index (χ2n) is 4.71. The number of carbonyl (C=O) groups is 1. The predicted molar refractivity (Wildman–Crippen MR) is 80.3 cm³/mol. The van der Waals surface area contributed by atoms with Crippen molar-refractivity contribution in [3.05, 3.63) is 64.4 Å². The van der Waals surface area contributed by atoms with Gasteiger partial charge in [0.25, 0.3) is 5.91 Å². The van der Waals surface area contributed by atoms with Gasteiger partial charge in [0.15, 0.2) is 0 Å². The average Bonchev–Trinajstić information content (AvgIpc) is 2.46. The fourth-order valence-corrected chi connectivity index (χ4v) is 2.03. The molecule has 1 atom stereocenters. The second kappa shape index (κ2) is 6.15. The highest BCUT2D eigenvalue weighted by atomic mass is 79.9. The molecule has 0 aliphatic rings. The summed E-state index contributed by atoms with van der Waals surface area (Å²) in [6.45, 7) is 1.79. The van der Waals surface area contributed by atoms with Gasteiger partial charge in [0.2, 0.25) is 0 Å². The van der Waals surface area contributed by atoms with Crippen molar-refractivity contribution in [2.24, 2.45) is 0 Å². The van der Waals surface area contributed by atoms with E-state index in [0.29, 0.717) is 5.56 Å². The van der Waals surface area contributed by atoms with Crippen LogP contribution in [-0.2, 0) is 5.60 Å². The molecule has 0 saturated heterocycles. The molecule has 0 aliphatic heterocycles. The van der Waals surface area contributed by atoms with Crippen LogP contribution in [0.15, 0.2) is 53.3 Å². The first kappa shape index (κ1) is 14.7. The molecule has 1 unspecified atom stereocenters. The number of rotatable bonds is 4. The van der Waals surface area contributed by atoms with E-state index in [4.69, 9.17) is 0 Å². The van der Waals surface area contributed by atoms with Crippen molar-refractivity contribution in [1.29, 1.82) is 0 Å². The molecule has 0 spiro atoms. The summed E-state index contributed by atoms with van der Waals surface area (Å²) < 4.78 is 0.941. The van der Waals surface area contributed by atoms with E-state index in [9.17, 15) is 9.90 Å². The smallest absolute Gasteiger partial charge is 0.252 e. The fourth-order valence-electron chi connectivity index (χ4n) is 1.76. The van der Waals surface area contributed by atoms with Crippen LogP contribution in [0.1, 0.15) is 22.8 Å². The van der Waals surface area contributed by atoms with Crippen LogP contribution in [0, 0.1) is 0 Å². The molecule has 1 heterocycles. The zero-order chi connectivity index (χ0) is 14.6. The highest BCUT2D eigenvalue weighted by molar-refractivity contribution is 9.10. The number of pyridine rings is 1. The molecule has 2 N–H and O–H groups in total. The standard InChI is InChI=1S/C15H15BrN2O2/c1-15(20,12-4-6-13(16)7-5-12)10-18-14(19)11-3-2-8-17-9-11/h2-9,20H,10H2,1H3,(H,18,19). The van der Waals surface area contributed by atoms with Crippen molar-refractivity contribution in [3.63, 3.8) is 0 Å². The molecule has 0 fully saturated rings. The third-order valence-corrected chi connectivity index (χ3v) is 3.51.